The van der Waals surface area contributed by atoms with Crippen molar-refractivity contribution in [2.45, 2.75) is 140 Å². The van der Waals surface area contributed by atoms with E-state index in [0.29, 0.717) is 56.0 Å². The lowest BCUT2D eigenvalue weighted by atomic mass is 9.81. The fourth-order valence-corrected chi connectivity index (χ4v) is 12.4. The van der Waals surface area contributed by atoms with E-state index in [2.05, 4.69) is 13.0 Å². The van der Waals surface area contributed by atoms with Gasteiger partial charge in [-0.25, -0.2) is 22.5 Å². The summed E-state index contributed by atoms with van der Waals surface area (Å²) in [4.78, 5) is 129. The number of sulfone groups is 1. The van der Waals surface area contributed by atoms with Gasteiger partial charge in [-0.3, -0.25) is 53.0 Å². The Bertz CT molecular complexity index is 3750. The molecule has 0 radical (unpaired) electrons. The Labute approximate surface area is 587 Å². The lowest BCUT2D eigenvalue weighted by molar-refractivity contribution is -0.385. The number of rotatable bonds is 23. The van der Waals surface area contributed by atoms with Gasteiger partial charge in [-0.1, -0.05) is 91.8 Å². The minimum absolute atomic E-state index is 0.000883. The van der Waals surface area contributed by atoms with Crippen LogP contribution in [0.1, 0.15) is 120 Å². The summed E-state index contributed by atoms with van der Waals surface area (Å²) in [6.07, 6.45) is 7.65. The van der Waals surface area contributed by atoms with Crippen LogP contribution in [0.25, 0.3) is 0 Å². The SMILES string of the molecule is CC1COc2ccccc2N1C(=O)C(Cl)Cl.CCCCCOC(=O)COc1cc(N2C(=O)C3=C(CCCC3)C2=O)c(F)cc1Cl.CCc1cccc(C)c1N(C(=O)CCl)C(C)COC.CP(=O)(O)CCC(N)C(=O)O.CS(=O)(=O)c1ccc(C(=O)C2C(=O)CCCC2=O)c([N+](=O)[O-])c1. The second kappa shape index (κ2) is 39.0. The first-order valence-electron chi connectivity index (χ1n) is 31.1. The average Bonchev–Trinajstić information content (AvgIpc) is 1.57. The number of alkyl halides is 3. The maximum absolute atomic E-state index is 14.5. The number of fused-ring (bicyclic) bond motifs is 1. The molecule has 4 N–H and O–H groups in total. The predicted molar refractivity (Wildman–Crippen MR) is 369 cm³/mol. The van der Waals surface area contributed by atoms with Gasteiger partial charge in [-0.2, -0.15) is 0 Å². The smallest absolute Gasteiger partial charge is 0.344 e. The van der Waals surface area contributed by atoms with E-state index in [1.807, 2.05) is 64.1 Å². The number of carbonyl (C=O) groups excluding carboxylic acids is 8. The van der Waals surface area contributed by atoms with E-state index in [1.165, 1.54) is 12.7 Å². The van der Waals surface area contributed by atoms with E-state index in [1.54, 1.807) is 16.9 Å². The summed E-state index contributed by atoms with van der Waals surface area (Å²) in [6, 6.07) is 17.2. The minimum atomic E-state index is -3.70. The molecule has 4 aliphatic rings. The van der Waals surface area contributed by atoms with Crippen LogP contribution in [0.5, 0.6) is 11.5 Å². The van der Waals surface area contributed by atoms with Gasteiger partial charge in [-0.05, 0) is 114 Å². The Morgan fingerprint density at radius 2 is 1.54 bits per heavy atom. The number of hydrogen-bond acceptors (Lipinski definition) is 19. The highest BCUT2D eigenvalue weighted by Crippen LogP contribution is 2.41. The fraction of sp³-hybridized carbons (Fsp3) is 0.470. The molecule has 4 atom stereocenters. The molecule has 0 aromatic heterocycles. The number of nitro groups is 1. The standard InChI is InChI=1S/C21H23ClFNO5.C15H22ClNO2.C14H13NO7S.C11H11Cl2NO2.C5H12NO4P/c1-2-3-6-9-28-19(25)12-29-18-11-17(16(23)10-15(18)22)24-20(26)13-7-4-5-8-14(13)21(24)27;1-5-13-8-6-7-11(2)15(13)17(14(18)9-16)12(3)10-19-4;1-23(21,22)8-5-6-9(10(7-8)15(19)20)14(18)13-11(16)3-2-4-12(13)17;1-7-6-16-9-5-3-2-4-8(9)14(7)11(15)10(12)13;1-11(9,10)3-2-4(6)5(7)8/h10-11H,2-9,12H2,1H3;6-8,12H,5,9-10H2,1-4H3;5-7,13H,2-4H2,1H3;2-5,7,10H,6H2,1H3;4H,2-3,6H2,1H3,(H,7,8)(H,9,10). The number of carboxylic acids is 1. The monoisotopic (exact) mass is 1490 g/mol. The molecule has 4 aromatic carbocycles. The first kappa shape index (κ1) is 83.2. The van der Waals surface area contributed by atoms with E-state index in [4.69, 9.17) is 81.1 Å². The van der Waals surface area contributed by atoms with Crippen LogP contribution in [0.2, 0.25) is 5.02 Å². The van der Waals surface area contributed by atoms with Crippen LogP contribution < -0.4 is 29.9 Å². The van der Waals surface area contributed by atoms with E-state index >= 15 is 0 Å². The minimum Gasteiger partial charge on any atom is -0.489 e. The molecule has 2 heterocycles. The summed E-state index contributed by atoms with van der Waals surface area (Å²) < 4.78 is 69.3. The largest absolute Gasteiger partial charge is 0.489 e. The molecule has 4 amide bonds. The lowest BCUT2D eigenvalue weighted by Crippen LogP contribution is -2.47. The van der Waals surface area contributed by atoms with Crippen molar-refractivity contribution in [2.75, 3.05) is 73.2 Å². The predicted octanol–water partition coefficient (Wildman–Crippen LogP) is 10.9. The summed E-state index contributed by atoms with van der Waals surface area (Å²) in [5, 5.41) is 19.4. The van der Waals surface area contributed by atoms with Gasteiger partial charge < -0.3 is 44.5 Å². The molecule has 32 heteroatoms. The molecule has 0 spiro atoms. The van der Waals surface area contributed by atoms with E-state index in [-0.39, 0.29) is 76.6 Å². The summed E-state index contributed by atoms with van der Waals surface area (Å²) in [7, 11) is -5.16. The van der Waals surface area contributed by atoms with Gasteiger partial charge in [0, 0.05) is 62.3 Å². The van der Waals surface area contributed by atoms with E-state index < -0.39 is 104 Å². The molecule has 0 saturated heterocycles. The molecular weight excluding hydrogens is 1410 g/mol. The molecule has 4 unspecified atom stereocenters. The molecule has 2 aliphatic carbocycles. The van der Waals surface area contributed by atoms with E-state index in [0.717, 1.165) is 96.4 Å². The van der Waals surface area contributed by atoms with Gasteiger partial charge >= 0.3 is 11.9 Å². The number of para-hydroxylation sites is 3. The van der Waals surface area contributed by atoms with Crippen LogP contribution >= 0.6 is 53.8 Å². The van der Waals surface area contributed by atoms with Crippen LogP contribution in [0.15, 0.2) is 88.8 Å². The van der Waals surface area contributed by atoms with Crippen molar-refractivity contribution >= 4 is 139 Å². The lowest BCUT2D eigenvalue weighted by Gasteiger charge is -2.35. The van der Waals surface area contributed by atoms with Crippen molar-refractivity contribution in [3.8, 4) is 11.5 Å². The summed E-state index contributed by atoms with van der Waals surface area (Å²) >= 11 is 23.0. The highest BCUT2D eigenvalue weighted by Gasteiger charge is 2.42. The number of aryl methyl sites for hydroxylation is 2. The fourth-order valence-electron chi connectivity index (χ4n) is 10.5. The Hall–Kier alpha value is -7.20. The van der Waals surface area contributed by atoms with Gasteiger partial charge in [-0.15, -0.1) is 11.6 Å². The van der Waals surface area contributed by atoms with Crippen LogP contribution in [-0.2, 0) is 68.7 Å². The van der Waals surface area contributed by atoms with Gasteiger partial charge in [0.25, 0.3) is 23.4 Å². The van der Waals surface area contributed by atoms with Gasteiger partial charge in [0.1, 0.15) is 41.8 Å². The maximum Gasteiger partial charge on any atom is 0.344 e. The Morgan fingerprint density at radius 1 is 0.918 bits per heavy atom. The van der Waals surface area contributed by atoms with Gasteiger partial charge in [0.2, 0.25) is 5.91 Å². The van der Waals surface area contributed by atoms with Crippen molar-refractivity contribution in [2.24, 2.45) is 11.7 Å². The number of nitrogens with two attached hydrogens (primary N) is 1. The number of nitrogens with zero attached hydrogens (tertiary/aromatic N) is 4. The number of hydrogen-bond donors (Lipinski definition) is 3. The number of amides is 4. The normalized spacial score (nSPS) is 16.3. The third kappa shape index (κ3) is 23.5. The molecule has 1 fully saturated rings. The zero-order chi connectivity index (χ0) is 73.5. The number of halogens is 5. The van der Waals surface area contributed by atoms with Crippen LogP contribution in [0, 0.1) is 28.8 Å². The van der Waals surface area contributed by atoms with Crippen molar-refractivity contribution < 1.29 is 94.4 Å². The Kier molecular flexibility index (Phi) is 33.1. The first-order valence-corrected chi connectivity index (χ1v) is 37.1. The Balaban J connectivity index is 0.000000269. The molecule has 4 aromatic rings. The topological polar surface area (TPSA) is 361 Å². The third-order valence-electron chi connectivity index (χ3n) is 15.4. The number of methoxy groups -OCH3 is 1. The van der Waals surface area contributed by atoms with Gasteiger partial charge in [0.05, 0.1) is 62.8 Å². The first-order chi connectivity index (χ1) is 46.1. The molecule has 1 saturated carbocycles. The van der Waals surface area contributed by atoms with Crippen molar-refractivity contribution in [3.05, 3.63) is 122 Å². The second-order valence-corrected chi connectivity index (χ2v) is 29.5. The highest BCUT2D eigenvalue weighted by atomic mass is 35.5. The molecule has 0 bridgehead atoms. The highest BCUT2D eigenvalue weighted by molar-refractivity contribution is 7.90. The molecular formula is C66H81Cl4FN5O20PS. The van der Waals surface area contributed by atoms with Crippen LogP contribution in [0.4, 0.5) is 27.1 Å². The second-order valence-electron chi connectivity index (χ2n) is 23.1. The summed E-state index contributed by atoms with van der Waals surface area (Å²) in [5.41, 5.74) is 8.53. The quantitative estimate of drug-likeness (QED) is 0.00714. The van der Waals surface area contributed by atoms with Crippen molar-refractivity contribution in [3.63, 3.8) is 0 Å². The molecule has 98 heavy (non-hydrogen) atoms. The number of Topliss-reactive ketones (excluding diaryl/α,β-unsaturated/α-hetero) is 3. The maximum atomic E-state index is 14.5. The molecule has 2 aliphatic heterocycles. The van der Waals surface area contributed by atoms with Crippen molar-refractivity contribution in [1.29, 1.82) is 0 Å². The number of aliphatic carboxylic acids is 1. The summed E-state index contributed by atoms with van der Waals surface area (Å²) in [5.74, 6) is -6.90. The number of esters is 1. The average molecular weight is 1490 g/mol. The zero-order valence-electron chi connectivity index (χ0n) is 55.4. The summed E-state index contributed by atoms with van der Waals surface area (Å²) in [6.45, 7) is 12.0. The number of unbranched alkanes of at least 4 members (excludes halogenated alkanes) is 2. The number of imide groups is 1. The van der Waals surface area contributed by atoms with Gasteiger partial charge in [0.15, 0.2) is 46.0 Å². The van der Waals surface area contributed by atoms with E-state index in [9.17, 15) is 70.6 Å². The molecule has 25 nitrogen and oxygen atoms in total. The number of carbonyl (C=O) groups is 9. The zero-order valence-corrected chi connectivity index (χ0v) is 60.1. The number of ether oxygens (including phenoxy) is 4. The molecule has 8 rings (SSSR count). The molecule has 536 valence electrons. The number of ketones is 3. The Morgan fingerprint density at radius 3 is 2.08 bits per heavy atom. The number of carboxylic acid groups (broad SMARTS) is 1. The third-order valence-corrected chi connectivity index (χ3v) is 18.5. The number of benzene rings is 4. The van der Waals surface area contributed by atoms with Crippen molar-refractivity contribution in [1.82, 2.24) is 0 Å². The number of nitro benzene ring substituents is 1. The van der Waals surface area contributed by atoms with Crippen LogP contribution in [0.3, 0.4) is 0 Å². The van der Waals surface area contributed by atoms with Crippen LogP contribution in [-0.4, -0.2) is 158 Å². The number of anilines is 3.